The van der Waals surface area contributed by atoms with E-state index in [-0.39, 0.29) is 5.91 Å². The van der Waals surface area contributed by atoms with Crippen LogP contribution in [0.4, 0.5) is 17.2 Å². The summed E-state index contributed by atoms with van der Waals surface area (Å²) in [5.74, 6) is 0.640. The van der Waals surface area contributed by atoms with Crippen LogP contribution in [0.1, 0.15) is 16.8 Å². The summed E-state index contributed by atoms with van der Waals surface area (Å²) in [6.07, 6.45) is 2.66. The van der Waals surface area contributed by atoms with Crippen molar-refractivity contribution in [2.45, 2.75) is 6.42 Å². The lowest BCUT2D eigenvalue weighted by atomic mass is 10.2. The molecule has 156 valence electrons. The fourth-order valence-electron chi connectivity index (χ4n) is 3.27. The number of carbonyl (C=O) groups is 1. The number of nitrogens with one attached hydrogen (secondary N) is 2. The van der Waals surface area contributed by atoms with E-state index < -0.39 is 0 Å². The number of aromatic nitrogens is 1. The molecule has 0 saturated carbocycles. The summed E-state index contributed by atoms with van der Waals surface area (Å²) in [5, 5.41) is 6.23. The molecule has 1 aromatic heterocycles. The minimum absolute atomic E-state index is 0.149. The Kier molecular flexibility index (Phi) is 7.43. The molecule has 1 fully saturated rings. The summed E-state index contributed by atoms with van der Waals surface area (Å²) in [6.45, 7) is 6.10. The van der Waals surface area contributed by atoms with Crippen LogP contribution in [0.5, 0.6) is 0 Å². The van der Waals surface area contributed by atoms with Crippen LogP contribution < -0.4 is 15.5 Å². The maximum atomic E-state index is 12.5. The lowest BCUT2D eigenvalue weighted by Gasteiger charge is -2.34. The maximum Gasteiger partial charge on any atom is 0.257 e. The zero-order valence-electron chi connectivity index (χ0n) is 17.7. The predicted octanol–water partition coefficient (Wildman–Crippen LogP) is 2.45. The molecule has 2 heterocycles. The van der Waals surface area contributed by atoms with Crippen molar-refractivity contribution >= 4 is 23.1 Å². The highest BCUT2D eigenvalue weighted by atomic mass is 16.1. The highest BCUT2D eigenvalue weighted by molar-refractivity contribution is 6.04. The van der Waals surface area contributed by atoms with E-state index in [0.717, 1.165) is 57.2 Å². The maximum absolute atomic E-state index is 12.5. The first-order valence-corrected chi connectivity index (χ1v) is 10.2. The highest BCUT2D eigenvalue weighted by Gasteiger charge is 2.14. The molecule has 2 N–H and O–H groups in total. The topological polar surface area (TPSA) is 63.7 Å². The van der Waals surface area contributed by atoms with Gasteiger partial charge < -0.3 is 25.3 Å². The van der Waals surface area contributed by atoms with Gasteiger partial charge in [0, 0.05) is 50.3 Å². The van der Waals surface area contributed by atoms with Crippen LogP contribution in [0, 0.1) is 0 Å². The number of anilines is 3. The molecule has 29 heavy (non-hydrogen) atoms. The quantitative estimate of drug-likeness (QED) is 0.669. The van der Waals surface area contributed by atoms with Crippen molar-refractivity contribution in [3.63, 3.8) is 0 Å². The molecule has 0 spiro atoms. The van der Waals surface area contributed by atoms with Crippen LogP contribution in [0.15, 0.2) is 42.6 Å². The van der Waals surface area contributed by atoms with Gasteiger partial charge in [-0.05, 0) is 70.5 Å². The molecule has 0 bridgehead atoms. The minimum Gasteiger partial charge on any atom is -0.370 e. The summed E-state index contributed by atoms with van der Waals surface area (Å²) in [7, 11) is 6.27. The first-order valence-electron chi connectivity index (χ1n) is 10.2. The highest BCUT2D eigenvalue weighted by Crippen LogP contribution is 2.20. The van der Waals surface area contributed by atoms with Gasteiger partial charge in [-0.25, -0.2) is 4.98 Å². The Morgan fingerprint density at radius 2 is 1.79 bits per heavy atom. The summed E-state index contributed by atoms with van der Waals surface area (Å²) < 4.78 is 0. The second-order valence-corrected chi connectivity index (χ2v) is 7.81. The van der Waals surface area contributed by atoms with Crippen molar-refractivity contribution in [2.75, 3.05) is 75.9 Å². The molecule has 1 aromatic carbocycles. The van der Waals surface area contributed by atoms with Gasteiger partial charge in [0.15, 0.2) is 0 Å². The Bertz CT molecular complexity index is 767. The molecular weight excluding hydrogens is 364 g/mol. The van der Waals surface area contributed by atoms with Gasteiger partial charge in [-0.3, -0.25) is 4.79 Å². The van der Waals surface area contributed by atoms with Crippen molar-refractivity contribution < 1.29 is 4.79 Å². The van der Waals surface area contributed by atoms with E-state index in [0.29, 0.717) is 5.56 Å². The van der Waals surface area contributed by atoms with E-state index in [1.165, 1.54) is 5.69 Å². The Morgan fingerprint density at radius 1 is 1.07 bits per heavy atom. The van der Waals surface area contributed by atoms with Gasteiger partial charge in [0.2, 0.25) is 0 Å². The fourth-order valence-corrected chi connectivity index (χ4v) is 3.27. The Hall–Kier alpha value is -2.64. The lowest BCUT2D eigenvalue weighted by molar-refractivity contribution is 0.102. The van der Waals surface area contributed by atoms with Crippen molar-refractivity contribution in [3.05, 3.63) is 48.2 Å². The molecule has 1 saturated heterocycles. The molecule has 7 nitrogen and oxygen atoms in total. The average molecular weight is 397 g/mol. The first kappa shape index (κ1) is 21.1. The number of pyridine rings is 1. The second kappa shape index (κ2) is 10.2. The molecule has 1 amide bonds. The second-order valence-electron chi connectivity index (χ2n) is 7.81. The number of hydrogen-bond acceptors (Lipinski definition) is 6. The van der Waals surface area contributed by atoms with E-state index in [1.807, 2.05) is 18.2 Å². The molecule has 3 rings (SSSR count). The van der Waals surface area contributed by atoms with E-state index in [1.54, 1.807) is 12.3 Å². The van der Waals surface area contributed by atoms with Gasteiger partial charge in [-0.2, -0.15) is 0 Å². The van der Waals surface area contributed by atoms with Gasteiger partial charge in [0.05, 0.1) is 5.56 Å². The third-order valence-corrected chi connectivity index (χ3v) is 5.11. The number of piperazine rings is 1. The summed E-state index contributed by atoms with van der Waals surface area (Å²) in [4.78, 5) is 23.7. The van der Waals surface area contributed by atoms with Gasteiger partial charge in [-0.15, -0.1) is 0 Å². The molecule has 0 unspecified atom stereocenters. The van der Waals surface area contributed by atoms with Gasteiger partial charge in [0.25, 0.3) is 5.91 Å². The van der Waals surface area contributed by atoms with Crippen LogP contribution in [0.25, 0.3) is 0 Å². The molecule has 0 aliphatic carbocycles. The Labute approximate surface area is 173 Å². The molecule has 2 aromatic rings. The molecule has 0 atom stereocenters. The van der Waals surface area contributed by atoms with E-state index in [9.17, 15) is 4.79 Å². The van der Waals surface area contributed by atoms with Crippen molar-refractivity contribution in [2.24, 2.45) is 0 Å². The number of benzene rings is 1. The fraction of sp³-hybridized carbons (Fsp3) is 0.455. The van der Waals surface area contributed by atoms with Crippen LogP contribution in [-0.2, 0) is 0 Å². The first-order chi connectivity index (χ1) is 14.0. The van der Waals surface area contributed by atoms with Gasteiger partial charge >= 0.3 is 0 Å². The number of rotatable bonds is 8. The number of amides is 1. The van der Waals surface area contributed by atoms with E-state index in [2.05, 4.69) is 63.6 Å². The van der Waals surface area contributed by atoms with Crippen LogP contribution in [-0.4, -0.2) is 81.1 Å². The number of nitrogens with zero attached hydrogens (tertiary/aromatic N) is 4. The third kappa shape index (κ3) is 6.44. The normalized spacial score (nSPS) is 14.8. The molecule has 1 aliphatic rings. The van der Waals surface area contributed by atoms with E-state index in [4.69, 9.17) is 0 Å². The summed E-state index contributed by atoms with van der Waals surface area (Å²) >= 11 is 0. The van der Waals surface area contributed by atoms with Crippen LogP contribution in [0.3, 0.4) is 0 Å². The van der Waals surface area contributed by atoms with Crippen LogP contribution >= 0.6 is 0 Å². The standard InChI is InChI=1S/C22H32N6O/c1-26(2)12-4-11-23-21-10-5-18(17-24-21)22(29)25-19-6-8-20(9-7-19)28-15-13-27(3)14-16-28/h5-10,17H,4,11-16H2,1-3H3,(H,23,24)(H,25,29). The predicted molar refractivity (Wildman–Crippen MR) is 120 cm³/mol. The zero-order valence-corrected chi connectivity index (χ0v) is 17.7. The zero-order chi connectivity index (χ0) is 20.6. The molecule has 1 aliphatic heterocycles. The monoisotopic (exact) mass is 396 g/mol. The largest absolute Gasteiger partial charge is 0.370 e. The SMILES string of the molecule is CN(C)CCCNc1ccc(C(=O)Nc2ccc(N3CCN(C)CC3)cc2)cn1. The van der Waals surface area contributed by atoms with Crippen molar-refractivity contribution in [1.29, 1.82) is 0 Å². The number of carbonyl (C=O) groups excluding carboxylic acids is 1. The lowest BCUT2D eigenvalue weighted by Crippen LogP contribution is -2.44. The van der Waals surface area contributed by atoms with Gasteiger partial charge in [-0.1, -0.05) is 0 Å². The van der Waals surface area contributed by atoms with Crippen molar-refractivity contribution in [1.82, 2.24) is 14.8 Å². The Morgan fingerprint density at radius 3 is 2.41 bits per heavy atom. The summed E-state index contributed by atoms with van der Waals surface area (Å²) in [5.41, 5.74) is 2.54. The molecule has 7 heteroatoms. The molecule has 0 radical (unpaired) electrons. The smallest absolute Gasteiger partial charge is 0.257 e. The van der Waals surface area contributed by atoms with Gasteiger partial charge in [0.1, 0.15) is 5.82 Å². The van der Waals surface area contributed by atoms with Crippen molar-refractivity contribution in [3.8, 4) is 0 Å². The minimum atomic E-state index is -0.149. The number of likely N-dealkylation sites (N-methyl/N-ethyl adjacent to an activating group) is 1. The third-order valence-electron chi connectivity index (χ3n) is 5.11. The average Bonchev–Trinajstić information content (AvgIpc) is 2.73. The van der Waals surface area contributed by atoms with Crippen LogP contribution in [0.2, 0.25) is 0 Å². The Balaban J connectivity index is 1.49. The summed E-state index contributed by atoms with van der Waals surface area (Å²) in [6, 6.07) is 11.7. The molecular formula is C22H32N6O. The number of hydrogen-bond donors (Lipinski definition) is 2. The van der Waals surface area contributed by atoms with E-state index >= 15 is 0 Å².